The number of carbonyl (C=O) groups is 1. The number of aromatic amines is 1. The van der Waals surface area contributed by atoms with Crippen LogP contribution in [0.2, 0.25) is 0 Å². The van der Waals surface area contributed by atoms with Crippen LogP contribution in [0.5, 0.6) is 0 Å². The number of aromatic nitrogens is 6. The van der Waals surface area contributed by atoms with Crippen molar-refractivity contribution in [3.8, 4) is 11.3 Å². The molecule has 4 heterocycles. The van der Waals surface area contributed by atoms with Gasteiger partial charge in [-0.25, -0.2) is 9.67 Å². The van der Waals surface area contributed by atoms with E-state index in [9.17, 15) is 4.79 Å². The summed E-state index contributed by atoms with van der Waals surface area (Å²) in [6.45, 7) is 1.72. The molecule has 0 aromatic carbocycles. The molecule has 0 saturated heterocycles. The number of carbonyl (C=O) groups excluding carboxylic acids is 1. The summed E-state index contributed by atoms with van der Waals surface area (Å²) in [6.07, 6.45) is 4.93. The molecule has 1 aliphatic rings. The van der Waals surface area contributed by atoms with Gasteiger partial charge in [0.2, 0.25) is 0 Å². The van der Waals surface area contributed by atoms with Crippen LogP contribution in [0.15, 0.2) is 36.9 Å². The lowest BCUT2D eigenvalue weighted by Crippen LogP contribution is -2.38. The molecule has 1 N–H and O–H groups in total. The van der Waals surface area contributed by atoms with Crippen molar-refractivity contribution in [2.75, 3.05) is 6.54 Å². The van der Waals surface area contributed by atoms with Gasteiger partial charge in [-0.3, -0.25) is 14.9 Å². The zero-order valence-electron chi connectivity index (χ0n) is 11.7. The van der Waals surface area contributed by atoms with Gasteiger partial charge in [0.05, 0.1) is 18.8 Å². The van der Waals surface area contributed by atoms with E-state index in [0.717, 1.165) is 11.4 Å². The van der Waals surface area contributed by atoms with Crippen molar-refractivity contribution in [3.63, 3.8) is 0 Å². The van der Waals surface area contributed by atoms with Crippen molar-refractivity contribution in [3.05, 3.63) is 48.4 Å². The van der Waals surface area contributed by atoms with Crippen molar-refractivity contribution in [1.29, 1.82) is 0 Å². The van der Waals surface area contributed by atoms with Gasteiger partial charge in [-0.1, -0.05) is 0 Å². The van der Waals surface area contributed by atoms with E-state index < -0.39 is 0 Å². The van der Waals surface area contributed by atoms with Crippen LogP contribution in [0.1, 0.15) is 16.3 Å². The summed E-state index contributed by atoms with van der Waals surface area (Å²) >= 11 is 0. The number of rotatable bonds is 2. The lowest BCUT2D eigenvalue weighted by molar-refractivity contribution is 0.0696. The lowest BCUT2D eigenvalue weighted by Gasteiger charge is -2.26. The van der Waals surface area contributed by atoms with E-state index in [0.29, 0.717) is 31.0 Å². The summed E-state index contributed by atoms with van der Waals surface area (Å²) < 4.78 is 1.82. The summed E-state index contributed by atoms with van der Waals surface area (Å²) in [5.74, 6) is 0.712. The lowest BCUT2D eigenvalue weighted by atomic mass is 10.2. The SMILES string of the molecule is O=C(c1cc(-c2cccnc2)n[nH]1)N1CCn2ncnc2C1. The summed E-state index contributed by atoms with van der Waals surface area (Å²) in [4.78, 5) is 22.5. The third-order valence-corrected chi connectivity index (χ3v) is 3.66. The molecule has 3 aromatic rings. The molecule has 22 heavy (non-hydrogen) atoms. The Bertz CT molecular complexity index is 807. The molecule has 1 amide bonds. The van der Waals surface area contributed by atoms with Crippen LogP contribution in [0, 0.1) is 0 Å². The van der Waals surface area contributed by atoms with Crippen LogP contribution in [-0.4, -0.2) is 47.3 Å². The number of amides is 1. The van der Waals surface area contributed by atoms with Crippen LogP contribution in [0.3, 0.4) is 0 Å². The monoisotopic (exact) mass is 295 g/mol. The molecule has 0 aliphatic carbocycles. The van der Waals surface area contributed by atoms with Gasteiger partial charge >= 0.3 is 0 Å². The first-order chi connectivity index (χ1) is 10.8. The number of H-pyrrole nitrogens is 1. The molecule has 4 rings (SSSR count). The van der Waals surface area contributed by atoms with Crippen LogP contribution < -0.4 is 0 Å². The smallest absolute Gasteiger partial charge is 0.272 e. The van der Waals surface area contributed by atoms with Crippen LogP contribution in [-0.2, 0) is 13.1 Å². The highest BCUT2D eigenvalue weighted by Crippen LogP contribution is 2.18. The number of pyridine rings is 1. The highest BCUT2D eigenvalue weighted by Gasteiger charge is 2.24. The van der Waals surface area contributed by atoms with Crippen molar-refractivity contribution >= 4 is 5.91 Å². The fourth-order valence-corrected chi connectivity index (χ4v) is 2.50. The Hall–Kier alpha value is -3.03. The fourth-order valence-electron chi connectivity index (χ4n) is 2.50. The predicted octanol–water partition coefficient (Wildman–Crippen LogP) is 0.719. The van der Waals surface area contributed by atoms with Crippen molar-refractivity contribution < 1.29 is 4.79 Å². The normalized spacial score (nSPS) is 13.9. The molecule has 8 nitrogen and oxygen atoms in total. The van der Waals surface area contributed by atoms with E-state index in [4.69, 9.17) is 0 Å². The summed E-state index contributed by atoms with van der Waals surface area (Å²) in [6, 6.07) is 5.49. The highest BCUT2D eigenvalue weighted by atomic mass is 16.2. The maximum absolute atomic E-state index is 12.6. The molecular weight excluding hydrogens is 282 g/mol. The molecule has 1 aliphatic heterocycles. The average Bonchev–Trinajstić information content (AvgIpc) is 3.23. The average molecular weight is 295 g/mol. The number of nitrogens with zero attached hydrogens (tertiary/aromatic N) is 6. The molecule has 0 spiro atoms. The summed E-state index contributed by atoms with van der Waals surface area (Å²) in [7, 11) is 0. The Morgan fingerprint density at radius 1 is 1.32 bits per heavy atom. The van der Waals surface area contributed by atoms with Crippen LogP contribution in [0.25, 0.3) is 11.3 Å². The van der Waals surface area contributed by atoms with E-state index in [2.05, 4.69) is 25.3 Å². The minimum atomic E-state index is -0.0862. The Morgan fingerprint density at radius 3 is 3.14 bits per heavy atom. The van der Waals surface area contributed by atoms with Gasteiger partial charge in [-0.2, -0.15) is 10.2 Å². The van der Waals surface area contributed by atoms with Crippen molar-refractivity contribution in [2.45, 2.75) is 13.1 Å². The van der Waals surface area contributed by atoms with Gasteiger partial charge in [0.25, 0.3) is 5.91 Å². The van der Waals surface area contributed by atoms with E-state index in [1.807, 2.05) is 16.8 Å². The van der Waals surface area contributed by atoms with E-state index >= 15 is 0 Å². The van der Waals surface area contributed by atoms with E-state index in [1.54, 1.807) is 23.4 Å². The number of nitrogens with one attached hydrogen (secondary N) is 1. The molecule has 0 fully saturated rings. The molecular formula is C14H13N7O. The fraction of sp³-hybridized carbons (Fsp3) is 0.214. The maximum Gasteiger partial charge on any atom is 0.272 e. The molecule has 0 saturated carbocycles. The molecule has 0 radical (unpaired) electrons. The van der Waals surface area contributed by atoms with Crippen LogP contribution >= 0.6 is 0 Å². The third-order valence-electron chi connectivity index (χ3n) is 3.66. The Balaban J connectivity index is 1.56. The Labute approximate surface area is 125 Å². The third kappa shape index (κ3) is 2.14. The Morgan fingerprint density at radius 2 is 2.27 bits per heavy atom. The second-order valence-corrected chi connectivity index (χ2v) is 5.03. The van der Waals surface area contributed by atoms with Crippen LogP contribution in [0.4, 0.5) is 0 Å². The van der Waals surface area contributed by atoms with Gasteiger partial charge in [0, 0.05) is 24.5 Å². The molecule has 8 heteroatoms. The first-order valence-electron chi connectivity index (χ1n) is 6.93. The van der Waals surface area contributed by atoms with Gasteiger partial charge in [-0.15, -0.1) is 0 Å². The molecule has 0 unspecified atom stereocenters. The number of hydrogen-bond donors (Lipinski definition) is 1. The summed E-state index contributed by atoms with van der Waals surface area (Å²) in [5.41, 5.74) is 2.04. The standard InChI is InChI=1S/C14H13N7O/c22-14(20-4-5-21-13(8-20)16-9-17-21)12-6-11(18-19-12)10-2-1-3-15-7-10/h1-3,6-7,9H,4-5,8H2,(H,18,19). The van der Waals surface area contributed by atoms with Gasteiger partial charge in [-0.05, 0) is 18.2 Å². The second-order valence-electron chi connectivity index (χ2n) is 5.03. The quantitative estimate of drug-likeness (QED) is 0.752. The molecule has 3 aromatic heterocycles. The number of hydrogen-bond acceptors (Lipinski definition) is 5. The van der Waals surface area contributed by atoms with Gasteiger partial charge < -0.3 is 4.90 Å². The van der Waals surface area contributed by atoms with E-state index in [-0.39, 0.29) is 5.91 Å². The van der Waals surface area contributed by atoms with Gasteiger partial charge in [0.1, 0.15) is 17.8 Å². The maximum atomic E-state index is 12.6. The zero-order chi connectivity index (χ0) is 14.9. The molecule has 110 valence electrons. The first kappa shape index (κ1) is 12.7. The topological polar surface area (TPSA) is 92.6 Å². The molecule has 0 atom stereocenters. The highest BCUT2D eigenvalue weighted by molar-refractivity contribution is 5.93. The zero-order valence-corrected chi connectivity index (χ0v) is 11.7. The van der Waals surface area contributed by atoms with Gasteiger partial charge in [0.15, 0.2) is 0 Å². The van der Waals surface area contributed by atoms with Crippen molar-refractivity contribution in [2.24, 2.45) is 0 Å². The Kier molecular flexibility index (Phi) is 2.92. The minimum Gasteiger partial charge on any atom is -0.328 e. The molecule has 0 bridgehead atoms. The first-order valence-corrected chi connectivity index (χ1v) is 6.93. The van der Waals surface area contributed by atoms with E-state index in [1.165, 1.54) is 6.33 Å². The summed E-state index contributed by atoms with van der Waals surface area (Å²) in [5, 5.41) is 11.1. The second kappa shape index (κ2) is 5.06. The van der Waals surface area contributed by atoms with Crippen molar-refractivity contribution in [1.82, 2.24) is 34.8 Å². The minimum absolute atomic E-state index is 0.0862. The number of fused-ring (bicyclic) bond motifs is 1. The largest absolute Gasteiger partial charge is 0.328 e. The predicted molar refractivity (Wildman–Crippen MR) is 76.6 cm³/mol.